The van der Waals surface area contributed by atoms with Crippen molar-refractivity contribution in [1.29, 1.82) is 0 Å². The molecule has 4 rings (SSSR count). The summed E-state index contributed by atoms with van der Waals surface area (Å²) in [6.45, 7) is 2.99. The molecule has 2 atom stereocenters. The molecule has 1 N–H and O–H groups in total. The van der Waals surface area contributed by atoms with E-state index in [0.29, 0.717) is 12.4 Å². The number of rotatable bonds is 8. The molecule has 2 amide bonds. The van der Waals surface area contributed by atoms with Crippen molar-refractivity contribution in [3.63, 3.8) is 0 Å². The molecule has 1 aromatic carbocycles. The van der Waals surface area contributed by atoms with Crippen molar-refractivity contribution in [1.82, 2.24) is 24.8 Å². The third kappa shape index (κ3) is 4.23. The van der Waals surface area contributed by atoms with Crippen LogP contribution in [0.1, 0.15) is 43.6 Å². The van der Waals surface area contributed by atoms with Gasteiger partial charge < -0.3 is 15.0 Å². The van der Waals surface area contributed by atoms with E-state index in [-0.39, 0.29) is 30.8 Å². The number of amides is 2. The highest BCUT2D eigenvalue weighted by molar-refractivity contribution is 5.90. The number of unbranched alkanes of at least 4 members (excludes halogenated alkanes) is 1. The van der Waals surface area contributed by atoms with Gasteiger partial charge in [-0.25, -0.2) is 0 Å². The molecule has 1 aliphatic heterocycles. The molecule has 2 aromatic heterocycles. The minimum absolute atomic E-state index is 0.0161. The van der Waals surface area contributed by atoms with Crippen molar-refractivity contribution in [2.75, 3.05) is 13.7 Å². The van der Waals surface area contributed by atoms with Gasteiger partial charge in [0.05, 0.1) is 25.6 Å². The number of ether oxygens (including phenoxy) is 1. The summed E-state index contributed by atoms with van der Waals surface area (Å²) in [5, 5.41) is 11.3. The highest BCUT2D eigenvalue weighted by Crippen LogP contribution is 2.39. The summed E-state index contributed by atoms with van der Waals surface area (Å²) in [5.41, 5.74) is 1.67. The molecule has 1 fully saturated rings. The third-order valence-corrected chi connectivity index (χ3v) is 5.78. The summed E-state index contributed by atoms with van der Waals surface area (Å²) < 4.78 is 7.10. The van der Waals surface area contributed by atoms with Crippen molar-refractivity contribution in [3.05, 3.63) is 60.0 Å². The topological polar surface area (TPSA) is 88.8 Å². The maximum Gasteiger partial charge on any atom is 0.226 e. The number of nitrogens with zero attached hydrogens (tertiary/aromatic N) is 4. The van der Waals surface area contributed by atoms with Gasteiger partial charge in [-0.2, -0.15) is 0 Å². The number of fused-ring (bicyclic) bond motifs is 1. The van der Waals surface area contributed by atoms with E-state index in [9.17, 15) is 9.59 Å². The van der Waals surface area contributed by atoms with Crippen LogP contribution < -0.4 is 10.1 Å². The number of benzene rings is 1. The second-order valence-electron chi connectivity index (χ2n) is 7.73. The predicted octanol–water partition coefficient (Wildman–Crippen LogP) is 2.74. The van der Waals surface area contributed by atoms with E-state index in [1.807, 2.05) is 58.0 Å². The first kappa shape index (κ1) is 20.8. The van der Waals surface area contributed by atoms with Crippen LogP contribution >= 0.6 is 0 Å². The van der Waals surface area contributed by atoms with Crippen molar-refractivity contribution >= 4 is 17.5 Å². The fourth-order valence-corrected chi connectivity index (χ4v) is 4.14. The van der Waals surface area contributed by atoms with Crippen LogP contribution in [0, 0.1) is 5.92 Å². The van der Waals surface area contributed by atoms with Crippen LogP contribution in [0.5, 0.6) is 5.75 Å². The average molecular weight is 422 g/mol. The van der Waals surface area contributed by atoms with E-state index < -0.39 is 5.92 Å². The zero-order valence-corrected chi connectivity index (χ0v) is 17.8. The van der Waals surface area contributed by atoms with E-state index in [4.69, 9.17) is 4.74 Å². The minimum atomic E-state index is -0.461. The second-order valence-corrected chi connectivity index (χ2v) is 7.73. The molecule has 0 radical (unpaired) electrons. The number of hydrogen-bond acceptors (Lipinski definition) is 5. The standard InChI is InChI=1S/C23H27N5O3/c1-3-4-12-28-21(29)14-18(22(28)16-8-10-17(31-2)11-9-16)23(30)24-15-20-26-25-19-7-5-6-13-27(19)20/h5-11,13,18,22H,3-4,12,14-15H2,1-2H3,(H,24,30)/t18-,22+/m0/s1. The lowest BCUT2D eigenvalue weighted by Crippen LogP contribution is -2.36. The van der Waals surface area contributed by atoms with Gasteiger partial charge in [0.15, 0.2) is 11.5 Å². The van der Waals surface area contributed by atoms with E-state index in [1.54, 1.807) is 7.11 Å². The summed E-state index contributed by atoms with van der Waals surface area (Å²) in [6, 6.07) is 13.0. The van der Waals surface area contributed by atoms with Gasteiger partial charge in [0.1, 0.15) is 5.75 Å². The molecule has 3 aromatic rings. The normalized spacial score (nSPS) is 18.5. The number of methoxy groups -OCH3 is 1. The first-order valence-electron chi connectivity index (χ1n) is 10.6. The lowest BCUT2D eigenvalue weighted by molar-refractivity contribution is -0.129. The summed E-state index contributed by atoms with van der Waals surface area (Å²) in [5.74, 6) is 0.796. The molecular weight excluding hydrogens is 394 g/mol. The maximum absolute atomic E-state index is 13.2. The van der Waals surface area contributed by atoms with Crippen LogP contribution in [0.3, 0.4) is 0 Å². The molecular formula is C23H27N5O3. The molecule has 31 heavy (non-hydrogen) atoms. The number of hydrogen-bond donors (Lipinski definition) is 1. The van der Waals surface area contributed by atoms with Crippen molar-refractivity contribution < 1.29 is 14.3 Å². The molecule has 0 aliphatic carbocycles. The first-order chi connectivity index (χ1) is 15.1. The summed E-state index contributed by atoms with van der Waals surface area (Å²) in [6.07, 6.45) is 3.95. The fourth-order valence-electron chi connectivity index (χ4n) is 4.14. The molecule has 0 unspecified atom stereocenters. The largest absolute Gasteiger partial charge is 0.497 e. The number of pyridine rings is 1. The molecule has 1 saturated heterocycles. The van der Waals surface area contributed by atoms with E-state index in [1.165, 1.54) is 0 Å². The number of carbonyl (C=O) groups is 2. The molecule has 0 saturated carbocycles. The minimum Gasteiger partial charge on any atom is -0.497 e. The molecule has 0 spiro atoms. The van der Waals surface area contributed by atoms with Gasteiger partial charge in [-0.3, -0.25) is 14.0 Å². The van der Waals surface area contributed by atoms with Gasteiger partial charge in [-0.1, -0.05) is 31.5 Å². The van der Waals surface area contributed by atoms with Crippen LogP contribution in [-0.2, 0) is 16.1 Å². The predicted molar refractivity (Wildman–Crippen MR) is 115 cm³/mol. The molecule has 1 aliphatic rings. The Morgan fingerprint density at radius 3 is 2.74 bits per heavy atom. The fraction of sp³-hybridized carbons (Fsp3) is 0.391. The number of carbonyl (C=O) groups excluding carboxylic acids is 2. The molecule has 0 bridgehead atoms. The Morgan fingerprint density at radius 1 is 1.19 bits per heavy atom. The van der Waals surface area contributed by atoms with Gasteiger partial charge in [-0.05, 0) is 36.2 Å². The van der Waals surface area contributed by atoms with Crippen LogP contribution in [0.2, 0.25) is 0 Å². The van der Waals surface area contributed by atoms with Gasteiger partial charge in [0.2, 0.25) is 11.8 Å². The Bertz CT molecular complexity index is 1060. The zero-order chi connectivity index (χ0) is 21.8. The Balaban J connectivity index is 1.54. The Hall–Kier alpha value is -3.42. The van der Waals surface area contributed by atoms with E-state index in [0.717, 1.165) is 29.8 Å². The SMILES string of the molecule is CCCCN1C(=O)C[C@H](C(=O)NCc2nnc3ccccn23)[C@H]1c1ccc(OC)cc1. The number of likely N-dealkylation sites (tertiary alicyclic amines) is 1. The molecule has 162 valence electrons. The van der Waals surface area contributed by atoms with Crippen LogP contribution in [0.4, 0.5) is 0 Å². The molecule has 3 heterocycles. The highest BCUT2D eigenvalue weighted by atomic mass is 16.5. The quantitative estimate of drug-likeness (QED) is 0.604. The first-order valence-corrected chi connectivity index (χ1v) is 10.6. The number of nitrogens with one attached hydrogen (secondary N) is 1. The van der Waals surface area contributed by atoms with Gasteiger partial charge in [0, 0.05) is 19.2 Å². The maximum atomic E-state index is 13.2. The summed E-state index contributed by atoms with van der Waals surface area (Å²) in [4.78, 5) is 27.8. The second kappa shape index (κ2) is 9.16. The van der Waals surface area contributed by atoms with Crippen LogP contribution in [0.25, 0.3) is 5.65 Å². The van der Waals surface area contributed by atoms with E-state index >= 15 is 0 Å². The van der Waals surface area contributed by atoms with Crippen LogP contribution in [-0.4, -0.2) is 45.0 Å². The zero-order valence-electron chi connectivity index (χ0n) is 17.8. The number of aromatic nitrogens is 3. The lowest BCUT2D eigenvalue weighted by atomic mass is 9.92. The molecule has 8 nitrogen and oxygen atoms in total. The monoisotopic (exact) mass is 421 g/mol. The Morgan fingerprint density at radius 2 is 2.00 bits per heavy atom. The Labute approximate surface area is 181 Å². The van der Waals surface area contributed by atoms with Crippen molar-refractivity contribution in [2.45, 2.75) is 38.8 Å². The summed E-state index contributed by atoms with van der Waals surface area (Å²) >= 11 is 0. The summed E-state index contributed by atoms with van der Waals surface area (Å²) in [7, 11) is 1.62. The smallest absolute Gasteiger partial charge is 0.226 e. The highest BCUT2D eigenvalue weighted by Gasteiger charge is 2.44. The lowest BCUT2D eigenvalue weighted by Gasteiger charge is -2.28. The van der Waals surface area contributed by atoms with Gasteiger partial charge in [0.25, 0.3) is 0 Å². The van der Waals surface area contributed by atoms with Crippen molar-refractivity contribution in [3.8, 4) is 5.75 Å². The average Bonchev–Trinajstić information content (AvgIpc) is 3.37. The van der Waals surface area contributed by atoms with Gasteiger partial charge >= 0.3 is 0 Å². The van der Waals surface area contributed by atoms with Crippen LogP contribution in [0.15, 0.2) is 48.7 Å². The van der Waals surface area contributed by atoms with E-state index in [2.05, 4.69) is 22.4 Å². The van der Waals surface area contributed by atoms with Gasteiger partial charge in [-0.15, -0.1) is 10.2 Å². The van der Waals surface area contributed by atoms with Crippen molar-refractivity contribution in [2.24, 2.45) is 5.92 Å². The third-order valence-electron chi connectivity index (χ3n) is 5.78. The Kier molecular flexibility index (Phi) is 6.16. The molecule has 8 heteroatoms.